The number of aryl methyl sites for hydroxylation is 2. The van der Waals surface area contributed by atoms with E-state index in [0.29, 0.717) is 13.0 Å². The molecule has 0 bridgehead atoms. The van der Waals surface area contributed by atoms with Crippen molar-refractivity contribution in [2.45, 2.75) is 33.6 Å². The summed E-state index contributed by atoms with van der Waals surface area (Å²) in [6.07, 6.45) is 3.03. The molecule has 1 heterocycles. The number of benzene rings is 2. The van der Waals surface area contributed by atoms with Gasteiger partial charge in [0.15, 0.2) is 0 Å². The number of hydrogen-bond acceptors (Lipinski definition) is 2. The number of anilines is 1. The van der Waals surface area contributed by atoms with Crippen molar-refractivity contribution in [3.8, 4) is 0 Å². The van der Waals surface area contributed by atoms with E-state index in [1.54, 1.807) is 6.26 Å². The van der Waals surface area contributed by atoms with Crippen LogP contribution in [0.15, 0.2) is 53.1 Å². The maximum Gasteiger partial charge on any atom is 0.231 e. The summed E-state index contributed by atoms with van der Waals surface area (Å²) in [6.45, 7) is 6.82. The number of nitrogens with zero attached hydrogens (tertiary/aromatic N) is 1. The van der Waals surface area contributed by atoms with E-state index in [-0.39, 0.29) is 5.91 Å². The van der Waals surface area contributed by atoms with Crippen LogP contribution >= 0.6 is 0 Å². The molecule has 3 nitrogen and oxygen atoms in total. The molecule has 0 aliphatic carbocycles. The number of fused-ring (bicyclic) bond motifs is 1. The third kappa shape index (κ3) is 3.21. The van der Waals surface area contributed by atoms with E-state index in [2.05, 4.69) is 19.1 Å². The molecular formula is C21H23NO2. The van der Waals surface area contributed by atoms with Gasteiger partial charge in [-0.1, -0.05) is 25.1 Å². The number of carbonyl (C=O) groups excluding carboxylic acids is 1. The molecule has 0 saturated carbocycles. The summed E-state index contributed by atoms with van der Waals surface area (Å²) < 4.78 is 5.62. The van der Waals surface area contributed by atoms with E-state index in [1.807, 2.05) is 49.1 Å². The molecule has 0 spiro atoms. The highest BCUT2D eigenvalue weighted by Gasteiger charge is 2.17. The van der Waals surface area contributed by atoms with Gasteiger partial charge in [0.1, 0.15) is 5.58 Å². The van der Waals surface area contributed by atoms with Crippen LogP contribution in [0.1, 0.15) is 30.5 Å². The Bertz CT molecular complexity index is 863. The highest BCUT2D eigenvalue weighted by Crippen LogP contribution is 2.25. The quantitative estimate of drug-likeness (QED) is 0.670. The molecule has 0 radical (unpaired) electrons. The molecule has 0 aliphatic heterocycles. The zero-order valence-corrected chi connectivity index (χ0v) is 14.5. The van der Waals surface area contributed by atoms with Crippen molar-refractivity contribution < 1.29 is 9.21 Å². The Balaban J connectivity index is 1.88. The predicted octanol–water partition coefficient (Wildman–Crippen LogP) is 4.90. The first-order valence-electron chi connectivity index (χ1n) is 8.48. The molecule has 3 aromatic rings. The maximum atomic E-state index is 12.8. The standard InChI is InChI=1S/C21H23NO2/c1-4-16-9-10-20-19(12-16)17(14-24-20)13-21(23)22(5-2)18-8-6-7-15(3)11-18/h6-12,14H,4-5,13H2,1-3H3. The highest BCUT2D eigenvalue weighted by molar-refractivity contribution is 5.97. The van der Waals surface area contributed by atoms with Crippen LogP contribution in [0.4, 0.5) is 5.69 Å². The number of hydrogen-bond donors (Lipinski definition) is 0. The maximum absolute atomic E-state index is 12.8. The SMILES string of the molecule is CCc1ccc2occ(CC(=O)N(CC)c3cccc(C)c3)c2c1. The molecular weight excluding hydrogens is 298 g/mol. The van der Waals surface area contributed by atoms with Gasteiger partial charge in [-0.25, -0.2) is 0 Å². The Kier molecular flexibility index (Phi) is 4.70. The average Bonchev–Trinajstić information content (AvgIpc) is 2.97. The van der Waals surface area contributed by atoms with E-state index in [0.717, 1.165) is 34.2 Å². The second kappa shape index (κ2) is 6.91. The molecule has 2 aromatic carbocycles. The fourth-order valence-electron chi connectivity index (χ4n) is 3.04. The summed E-state index contributed by atoms with van der Waals surface area (Å²) in [6, 6.07) is 14.2. The molecule has 3 rings (SSSR count). The molecule has 0 unspecified atom stereocenters. The summed E-state index contributed by atoms with van der Waals surface area (Å²) >= 11 is 0. The molecule has 1 aromatic heterocycles. The van der Waals surface area contributed by atoms with Gasteiger partial charge in [0, 0.05) is 23.2 Å². The molecule has 0 saturated heterocycles. The third-order valence-corrected chi connectivity index (χ3v) is 4.40. The smallest absolute Gasteiger partial charge is 0.231 e. The lowest BCUT2D eigenvalue weighted by atomic mass is 10.1. The van der Waals surface area contributed by atoms with Crippen molar-refractivity contribution in [1.29, 1.82) is 0 Å². The Morgan fingerprint density at radius 1 is 1.12 bits per heavy atom. The van der Waals surface area contributed by atoms with Crippen LogP contribution in [0, 0.1) is 6.92 Å². The summed E-state index contributed by atoms with van der Waals surface area (Å²) in [4.78, 5) is 14.7. The van der Waals surface area contributed by atoms with E-state index in [4.69, 9.17) is 4.42 Å². The van der Waals surface area contributed by atoms with Gasteiger partial charge in [-0.2, -0.15) is 0 Å². The van der Waals surface area contributed by atoms with Crippen LogP contribution in [-0.4, -0.2) is 12.5 Å². The fraction of sp³-hybridized carbons (Fsp3) is 0.286. The first-order chi connectivity index (χ1) is 11.6. The van der Waals surface area contributed by atoms with Gasteiger partial charge in [-0.3, -0.25) is 4.79 Å². The average molecular weight is 321 g/mol. The number of likely N-dealkylation sites (N-methyl/N-ethyl adjacent to an activating group) is 1. The van der Waals surface area contributed by atoms with Crippen molar-refractivity contribution in [2.75, 3.05) is 11.4 Å². The molecule has 124 valence electrons. The van der Waals surface area contributed by atoms with Crippen molar-refractivity contribution in [1.82, 2.24) is 0 Å². The fourth-order valence-corrected chi connectivity index (χ4v) is 3.04. The Morgan fingerprint density at radius 2 is 1.96 bits per heavy atom. The monoisotopic (exact) mass is 321 g/mol. The molecule has 0 N–H and O–H groups in total. The molecule has 1 amide bonds. The zero-order chi connectivity index (χ0) is 17.1. The lowest BCUT2D eigenvalue weighted by Gasteiger charge is -2.21. The largest absolute Gasteiger partial charge is 0.464 e. The summed E-state index contributed by atoms with van der Waals surface area (Å²) in [7, 11) is 0. The molecule has 0 fully saturated rings. The lowest BCUT2D eigenvalue weighted by molar-refractivity contribution is -0.117. The lowest BCUT2D eigenvalue weighted by Crippen LogP contribution is -2.31. The van der Waals surface area contributed by atoms with E-state index < -0.39 is 0 Å². The summed E-state index contributed by atoms with van der Waals surface area (Å²) in [5.41, 5.74) is 5.15. The van der Waals surface area contributed by atoms with Crippen LogP contribution in [-0.2, 0) is 17.6 Å². The molecule has 24 heavy (non-hydrogen) atoms. The molecule has 0 aliphatic rings. The second-order valence-electron chi connectivity index (χ2n) is 6.10. The van der Waals surface area contributed by atoms with E-state index in [1.165, 1.54) is 5.56 Å². The minimum Gasteiger partial charge on any atom is -0.464 e. The van der Waals surface area contributed by atoms with Gasteiger partial charge in [-0.15, -0.1) is 0 Å². The highest BCUT2D eigenvalue weighted by atomic mass is 16.3. The van der Waals surface area contributed by atoms with Gasteiger partial charge < -0.3 is 9.32 Å². The van der Waals surface area contributed by atoms with Crippen molar-refractivity contribution in [3.05, 3.63) is 65.4 Å². The molecule has 3 heteroatoms. The van der Waals surface area contributed by atoms with Gasteiger partial charge >= 0.3 is 0 Å². The number of carbonyl (C=O) groups is 1. The number of amides is 1. The van der Waals surface area contributed by atoms with Gasteiger partial charge in [0.25, 0.3) is 0 Å². The second-order valence-corrected chi connectivity index (χ2v) is 6.10. The Hall–Kier alpha value is -2.55. The number of furan rings is 1. The summed E-state index contributed by atoms with van der Waals surface area (Å²) in [5.74, 6) is 0.0905. The first kappa shape index (κ1) is 16.3. The van der Waals surface area contributed by atoms with Gasteiger partial charge in [0.2, 0.25) is 5.91 Å². The zero-order valence-electron chi connectivity index (χ0n) is 14.5. The van der Waals surface area contributed by atoms with Crippen LogP contribution in [0.25, 0.3) is 11.0 Å². The normalized spacial score (nSPS) is 11.0. The van der Waals surface area contributed by atoms with Crippen LogP contribution < -0.4 is 4.90 Å². The minimum atomic E-state index is 0.0905. The third-order valence-electron chi connectivity index (χ3n) is 4.40. The van der Waals surface area contributed by atoms with Crippen LogP contribution in [0.5, 0.6) is 0 Å². The van der Waals surface area contributed by atoms with Crippen molar-refractivity contribution in [3.63, 3.8) is 0 Å². The predicted molar refractivity (Wildman–Crippen MR) is 98.5 cm³/mol. The van der Waals surface area contributed by atoms with E-state index >= 15 is 0 Å². The number of rotatable bonds is 5. The first-order valence-corrected chi connectivity index (χ1v) is 8.48. The van der Waals surface area contributed by atoms with Crippen molar-refractivity contribution in [2.24, 2.45) is 0 Å². The van der Waals surface area contributed by atoms with Crippen molar-refractivity contribution >= 4 is 22.6 Å². The topological polar surface area (TPSA) is 33.5 Å². The van der Waals surface area contributed by atoms with Crippen LogP contribution in [0.2, 0.25) is 0 Å². The van der Waals surface area contributed by atoms with Crippen LogP contribution in [0.3, 0.4) is 0 Å². The summed E-state index contributed by atoms with van der Waals surface area (Å²) in [5, 5.41) is 1.04. The molecule has 0 atom stereocenters. The van der Waals surface area contributed by atoms with Gasteiger partial charge in [-0.05, 0) is 55.7 Å². The Morgan fingerprint density at radius 3 is 2.67 bits per heavy atom. The van der Waals surface area contributed by atoms with Gasteiger partial charge in [0.05, 0.1) is 12.7 Å². The minimum absolute atomic E-state index is 0.0905. The Labute approximate surface area is 142 Å². The van der Waals surface area contributed by atoms with E-state index in [9.17, 15) is 4.79 Å².